The zero-order valence-electron chi connectivity index (χ0n) is 12.0. The maximum atomic E-state index is 5.35. The van der Waals surface area contributed by atoms with Crippen LogP contribution in [0.5, 0.6) is 5.75 Å². The fourth-order valence-corrected chi connectivity index (χ4v) is 3.26. The van der Waals surface area contributed by atoms with E-state index in [9.17, 15) is 0 Å². The van der Waals surface area contributed by atoms with Crippen LogP contribution in [0, 0.1) is 0 Å². The normalized spacial score (nSPS) is 10.9. The largest absolute Gasteiger partial charge is 0.496 e. The number of nitrogens with zero attached hydrogens (tertiary/aromatic N) is 1. The predicted molar refractivity (Wildman–Crippen MR) is 88.0 cm³/mol. The van der Waals surface area contributed by atoms with Gasteiger partial charge in [0, 0.05) is 25.1 Å². The molecule has 0 radical (unpaired) electrons. The molecule has 0 atom stereocenters. The fourth-order valence-electron chi connectivity index (χ4n) is 2.29. The molecule has 0 spiro atoms. The summed E-state index contributed by atoms with van der Waals surface area (Å²) >= 11 is 1.78. The molecule has 0 unspecified atom stereocenters. The second kappa shape index (κ2) is 6.70. The highest BCUT2D eigenvalue weighted by Gasteiger charge is 2.04. The first-order valence-corrected chi connectivity index (χ1v) is 7.85. The Bertz CT molecular complexity index is 690. The van der Waals surface area contributed by atoms with Crippen molar-refractivity contribution in [1.82, 2.24) is 10.3 Å². The maximum absolute atomic E-state index is 5.35. The summed E-state index contributed by atoms with van der Waals surface area (Å²) in [5, 5.41) is 4.64. The molecule has 0 saturated carbocycles. The predicted octanol–water partition coefficient (Wildman–Crippen LogP) is 3.64. The summed E-state index contributed by atoms with van der Waals surface area (Å²) in [6.45, 7) is 1.73. The molecule has 0 aliphatic carbocycles. The van der Waals surface area contributed by atoms with Gasteiger partial charge in [-0.05, 0) is 18.2 Å². The molecule has 1 heterocycles. The minimum absolute atomic E-state index is 0.814. The molecular weight excluding hydrogens is 280 g/mol. The van der Waals surface area contributed by atoms with Crippen molar-refractivity contribution in [2.24, 2.45) is 0 Å². The molecule has 0 saturated heterocycles. The van der Waals surface area contributed by atoms with Crippen LogP contribution in [0.15, 0.2) is 48.5 Å². The lowest BCUT2D eigenvalue weighted by Gasteiger charge is -2.08. The van der Waals surface area contributed by atoms with Crippen LogP contribution in [0.3, 0.4) is 0 Å². The summed E-state index contributed by atoms with van der Waals surface area (Å²) in [6.07, 6.45) is 0.953. The number of para-hydroxylation sites is 2. The smallest absolute Gasteiger partial charge is 0.123 e. The van der Waals surface area contributed by atoms with Crippen molar-refractivity contribution in [3.05, 3.63) is 59.1 Å². The molecule has 2 aromatic carbocycles. The van der Waals surface area contributed by atoms with E-state index >= 15 is 0 Å². The molecule has 1 N–H and O–H groups in total. The average Bonchev–Trinajstić information content (AvgIpc) is 2.94. The summed E-state index contributed by atoms with van der Waals surface area (Å²) in [4.78, 5) is 4.64. The molecule has 3 aromatic rings. The monoisotopic (exact) mass is 298 g/mol. The number of hydrogen-bond acceptors (Lipinski definition) is 4. The number of hydrogen-bond donors (Lipinski definition) is 1. The number of nitrogens with one attached hydrogen (secondary N) is 1. The third kappa shape index (κ3) is 3.40. The summed E-state index contributed by atoms with van der Waals surface area (Å²) in [7, 11) is 1.71. The molecule has 0 aliphatic rings. The van der Waals surface area contributed by atoms with Gasteiger partial charge in [0.2, 0.25) is 0 Å². The topological polar surface area (TPSA) is 34.1 Å². The number of thiazole rings is 1. The van der Waals surface area contributed by atoms with E-state index in [2.05, 4.69) is 34.6 Å². The zero-order valence-corrected chi connectivity index (χ0v) is 12.8. The van der Waals surface area contributed by atoms with Gasteiger partial charge < -0.3 is 10.1 Å². The Kier molecular flexibility index (Phi) is 4.48. The van der Waals surface area contributed by atoms with E-state index in [4.69, 9.17) is 4.74 Å². The highest BCUT2D eigenvalue weighted by Crippen LogP contribution is 2.21. The van der Waals surface area contributed by atoms with E-state index in [1.807, 2.05) is 24.3 Å². The Balaban J connectivity index is 1.54. The van der Waals surface area contributed by atoms with Gasteiger partial charge in [0.1, 0.15) is 5.75 Å². The average molecular weight is 298 g/mol. The van der Waals surface area contributed by atoms with Crippen LogP contribution in [0.1, 0.15) is 10.6 Å². The third-order valence-corrected chi connectivity index (χ3v) is 4.46. The SMILES string of the molecule is COc1ccccc1CNCCc1nc2ccccc2s1. The highest BCUT2D eigenvalue weighted by molar-refractivity contribution is 7.18. The molecule has 3 rings (SSSR count). The Morgan fingerprint density at radius 3 is 2.76 bits per heavy atom. The number of aromatic nitrogens is 1. The van der Waals surface area contributed by atoms with Gasteiger partial charge in [-0.15, -0.1) is 11.3 Å². The van der Waals surface area contributed by atoms with Crippen molar-refractivity contribution in [3.63, 3.8) is 0 Å². The highest BCUT2D eigenvalue weighted by atomic mass is 32.1. The first-order chi connectivity index (χ1) is 10.4. The van der Waals surface area contributed by atoms with E-state index in [1.165, 1.54) is 15.3 Å². The van der Waals surface area contributed by atoms with Gasteiger partial charge in [0.25, 0.3) is 0 Å². The standard InChI is InChI=1S/C17H18N2OS/c1-20-15-8-4-2-6-13(15)12-18-11-10-17-19-14-7-3-5-9-16(14)21-17/h2-9,18H,10-12H2,1H3. The Hall–Kier alpha value is -1.91. The first-order valence-electron chi connectivity index (χ1n) is 7.04. The summed E-state index contributed by atoms with van der Waals surface area (Å²) < 4.78 is 6.61. The van der Waals surface area contributed by atoms with Crippen molar-refractivity contribution in [2.75, 3.05) is 13.7 Å². The number of benzene rings is 2. The van der Waals surface area contributed by atoms with E-state index in [-0.39, 0.29) is 0 Å². The first kappa shape index (κ1) is 14.0. The molecule has 0 aliphatic heterocycles. The maximum Gasteiger partial charge on any atom is 0.123 e. The van der Waals surface area contributed by atoms with Gasteiger partial charge >= 0.3 is 0 Å². The van der Waals surface area contributed by atoms with Crippen molar-refractivity contribution in [3.8, 4) is 5.75 Å². The molecule has 0 bridgehead atoms. The zero-order chi connectivity index (χ0) is 14.5. The van der Waals surface area contributed by atoms with Crippen LogP contribution < -0.4 is 10.1 Å². The van der Waals surface area contributed by atoms with Crippen LogP contribution >= 0.6 is 11.3 Å². The summed E-state index contributed by atoms with van der Waals surface area (Å²) in [6, 6.07) is 16.4. The van der Waals surface area contributed by atoms with Crippen LogP contribution in [-0.4, -0.2) is 18.6 Å². The summed E-state index contributed by atoms with van der Waals surface area (Å²) in [5.74, 6) is 0.935. The van der Waals surface area contributed by atoms with Gasteiger partial charge in [0.15, 0.2) is 0 Å². The molecule has 0 fully saturated rings. The van der Waals surface area contributed by atoms with E-state index in [1.54, 1.807) is 18.4 Å². The van der Waals surface area contributed by atoms with Crippen molar-refractivity contribution < 1.29 is 4.74 Å². The lowest BCUT2D eigenvalue weighted by molar-refractivity contribution is 0.408. The number of methoxy groups -OCH3 is 1. The molecule has 21 heavy (non-hydrogen) atoms. The molecule has 0 amide bonds. The fraction of sp³-hybridized carbons (Fsp3) is 0.235. The van der Waals surface area contributed by atoms with Crippen molar-refractivity contribution in [2.45, 2.75) is 13.0 Å². The lowest BCUT2D eigenvalue weighted by Crippen LogP contribution is -2.17. The van der Waals surface area contributed by atoms with Crippen molar-refractivity contribution >= 4 is 21.6 Å². The van der Waals surface area contributed by atoms with Crippen LogP contribution in [-0.2, 0) is 13.0 Å². The van der Waals surface area contributed by atoms with Gasteiger partial charge in [-0.3, -0.25) is 0 Å². The van der Waals surface area contributed by atoms with E-state index in [0.717, 1.165) is 30.8 Å². The quantitative estimate of drug-likeness (QED) is 0.706. The number of ether oxygens (including phenoxy) is 1. The van der Waals surface area contributed by atoms with Gasteiger partial charge in [-0.1, -0.05) is 30.3 Å². The minimum Gasteiger partial charge on any atom is -0.496 e. The second-order valence-electron chi connectivity index (χ2n) is 4.81. The Morgan fingerprint density at radius 1 is 1.10 bits per heavy atom. The van der Waals surface area contributed by atoms with Crippen LogP contribution in [0.4, 0.5) is 0 Å². The lowest BCUT2D eigenvalue weighted by atomic mass is 10.2. The molecular formula is C17H18N2OS. The second-order valence-corrected chi connectivity index (χ2v) is 5.93. The Morgan fingerprint density at radius 2 is 1.90 bits per heavy atom. The minimum atomic E-state index is 0.814. The van der Waals surface area contributed by atoms with Gasteiger partial charge in [0.05, 0.1) is 22.3 Å². The van der Waals surface area contributed by atoms with E-state index in [0.29, 0.717) is 0 Å². The molecule has 1 aromatic heterocycles. The van der Waals surface area contributed by atoms with Crippen LogP contribution in [0.2, 0.25) is 0 Å². The van der Waals surface area contributed by atoms with E-state index < -0.39 is 0 Å². The summed E-state index contributed by atoms with van der Waals surface area (Å²) in [5.41, 5.74) is 2.28. The van der Waals surface area contributed by atoms with Gasteiger partial charge in [-0.2, -0.15) is 0 Å². The number of rotatable bonds is 6. The molecule has 4 heteroatoms. The van der Waals surface area contributed by atoms with Gasteiger partial charge in [-0.25, -0.2) is 4.98 Å². The van der Waals surface area contributed by atoms with Crippen LogP contribution in [0.25, 0.3) is 10.2 Å². The number of fused-ring (bicyclic) bond motifs is 1. The Labute approximate surface area is 128 Å². The molecule has 108 valence electrons. The molecule has 3 nitrogen and oxygen atoms in total. The third-order valence-electron chi connectivity index (χ3n) is 3.36. The van der Waals surface area contributed by atoms with Crippen molar-refractivity contribution in [1.29, 1.82) is 0 Å².